The summed E-state index contributed by atoms with van der Waals surface area (Å²) in [5.41, 5.74) is 1.84. The van der Waals surface area contributed by atoms with Gasteiger partial charge in [-0.25, -0.2) is 21.9 Å². The Morgan fingerprint density at radius 3 is 2.24 bits per heavy atom. The lowest BCUT2D eigenvalue weighted by atomic mass is 10.1. The summed E-state index contributed by atoms with van der Waals surface area (Å²) in [5.74, 6) is -0.0163. The van der Waals surface area contributed by atoms with Crippen LogP contribution in [0.15, 0.2) is 54.6 Å². The molecule has 0 unspecified atom stereocenters. The Labute approximate surface area is 144 Å². The lowest BCUT2D eigenvalue weighted by Crippen LogP contribution is -2.00. The van der Waals surface area contributed by atoms with Gasteiger partial charge in [0.2, 0.25) is 0 Å². The summed E-state index contributed by atoms with van der Waals surface area (Å²) >= 11 is 0. The van der Waals surface area contributed by atoms with E-state index in [0.29, 0.717) is 22.5 Å². The Kier molecular flexibility index (Phi) is 4.80. The molecular weight excluding hydrogens is 350 g/mol. The molecule has 8 heteroatoms. The molecular formula is C17H14F2N2O3S. The van der Waals surface area contributed by atoms with Gasteiger partial charge < -0.3 is 5.11 Å². The van der Waals surface area contributed by atoms with E-state index in [-0.39, 0.29) is 17.2 Å². The molecule has 0 saturated carbocycles. The van der Waals surface area contributed by atoms with E-state index in [0.717, 1.165) is 0 Å². The second-order valence-corrected chi connectivity index (χ2v) is 6.35. The van der Waals surface area contributed by atoms with Gasteiger partial charge in [-0.3, -0.25) is 0 Å². The molecule has 0 aliphatic heterocycles. The van der Waals surface area contributed by atoms with E-state index in [1.165, 1.54) is 22.9 Å². The van der Waals surface area contributed by atoms with Crippen LogP contribution in [0.4, 0.5) is 8.78 Å². The molecule has 5 nitrogen and oxygen atoms in total. The number of thiol groups is 1. The first-order valence-electron chi connectivity index (χ1n) is 7.32. The molecule has 130 valence electrons. The van der Waals surface area contributed by atoms with Crippen LogP contribution in [-0.2, 0) is 16.5 Å². The molecule has 0 atom stereocenters. The van der Waals surface area contributed by atoms with Crippen molar-refractivity contribution in [3.8, 4) is 22.7 Å². The first-order valence-corrected chi connectivity index (χ1v) is 8.69. The maximum absolute atomic E-state index is 13.1. The van der Waals surface area contributed by atoms with Crippen molar-refractivity contribution in [1.29, 1.82) is 0 Å². The van der Waals surface area contributed by atoms with Crippen LogP contribution in [0.2, 0.25) is 0 Å². The van der Waals surface area contributed by atoms with Crippen molar-refractivity contribution in [2.24, 2.45) is 0 Å². The van der Waals surface area contributed by atoms with E-state index in [2.05, 4.69) is 5.10 Å². The van der Waals surface area contributed by atoms with E-state index < -0.39 is 17.1 Å². The van der Waals surface area contributed by atoms with Gasteiger partial charge in [-0.05, 0) is 35.9 Å². The SMILES string of the molecule is O=[SH](=O)Cc1ccc(-c2cc(C(F)F)nn2-c2ccc(O)cc2)cc1. The van der Waals surface area contributed by atoms with E-state index in [4.69, 9.17) is 0 Å². The standard InChI is InChI=1S/C17H14F2N2O3S/c18-17(19)15-9-16(12-3-1-11(2-4-12)10-25(23)24)21(20-15)13-5-7-14(22)8-6-13/h1-9,17,22,25H,10H2. The predicted octanol–water partition coefficient (Wildman–Crippen LogP) is 3.29. The highest BCUT2D eigenvalue weighted by Gasteiger charge is 2.17. The van der Waals surface area contributed by atoms with Gasteiger partial charge in [0.05, 0.1) is 17.1 Å². The van der Waals surface area contributed by atoms with Crippen LogP contribution in [-0.4, -0.2) is 23.3 Å². The molecule has 0 bridgehead atoms. The maximum Gasteiger partial charge on any atom is 0.282 e. The fraction of sp³-hybridized carbons (Fsp3) is 0.118. The minimum absolute atomic E-state index is 0.0580. The second-order valence-electron chi connectivity index (χ2n) is 5.37. The summed E-state index contributed by atoms with van der Waals surface area (Å²) in [6.45, 7) is 0. The van der Waals surface area contributed by atoms with E-state index in [1.54, 1.807) is 36.4 Å². The molecule has 1 aromatic heterocycles. The second kappa shape index (κ2) is 7.02. The maximum atomic E-state index is 13.1. The van der Waals surface area contributed by atoms with Gasteiger partial charge in [0.15, 0.2) is 0 Å². The zero-order valence-corrected chi connectivity index (χ0v) is 13.7. The number of halogens is 2. The predicted molar refractivity (Wildman–Crippen MR) is 89.6 cm³/mol. The molecule has 0 spiro atoms. The monoisotopic (exact) mass is 364 g/mol. The number of benzene rings is 2. The van der Waals surface area contributed by atoms with Crippen LogP contribution < -0.4 is 0 Å². The summed E-state index contributed by atoms with van der Waals surface area (Å²) < 4.78 is 49.1. The van der Waals surface area contributed by atoms with Crippen molar-refractivity contribution in [2.75, 3.05) is 0 Å². The van der Waals surface area contributed by atoms with Gasteiger partial charge in [0.1, 0.15) is 22.1 Å². The number of aromatic nitrogens is 2. The average Bonchev–Trinajstić information content (AvgIpc) is 3.01. The van der Waals surface area contributed by atoms with E-state index in [9.17, 15) is 22.3 Å². The van der Waals surface area contributed by atoms with Gasteiger partial charge in [0, 0.05) is 5.56 Å². The molecule has 3 rings (SSSR count). The lowest BCUT2D eigenvalue weighted by molar-refractivity contribution is 0.145. The summed E-state index contributed by atoms with van der Waals surface area (Å²) in [6, 6.07) is 13.9. The molecule has 1 N–H and O–H groups in total. The van der Waals surface area contributed by atoms with Crippen LogP contribution >= 0.6 is 0 Å². The number of nitrogens with zero attached hydrogens (tertiary/aromatic N) is 2. The van der Waals surface area contributed by atoms with Crippen molar-refractivity contribution >= 4 is 10.7 Å². The van der Waals surface area contributed by atoms with E-state index >= 15 is 0 Å². The van der Waals surface area contributed by atoms with Gasteiger partial charge in [0.25, 0.3) is 6.43 Å². The van der Waals surface area contributed by atoms with Gasteiger partial charge in [-0.15, -0.1) is 0 Å². The van der Waals surface area contributed by atoms with Crippen molar-refractivity contribution in [2.45, 2.75) is 12.2 Å². The van der Waals surface area contributed by atoms with Crippen molar-refractivity contribution in [3.05, 3.63) is 65.9 Å². The summed E-state index contributed by atoms with van der Waals surface area (Å²) in [5, 5.41) is 13.3. The zero-order chi connectivity index (χ0) is 18.0. The molecule has 0 amide bonds. The molecule has 3 aromatic rings. The quantitative estimate of drug-likeness (QED) is 0.682. The number of phenolic OH excluding ortho intramolecular Hbond substituents is 1. The molecule has 0 aliphatic rings. The number of hydrogen-bond acceptors (Lipinski definition) is 4. The molecule has 0 fully saturated rings. The van der Waals surface area contributed by atoms with Crippen LogP contribution in [0.3, 0.4) is 0 Å². The van der Waals surface area contributed by atoms with Crippen molar-refractivity contribution in [1.82, 2.24) is 9.78 Å². The number of hydrogen-bond donors (Lipinski definition) is 2. The highest BCUT2D eigenvalue weighted by Crippen LogP contribution is 2.29. The Bertz CT molecular complexity index is 941. The summed E-state index contributed by atoms with van der Waals surface area (Å²) in [7, 11) is -2.53. The minimum atomic E-state index is -2.72. The highest BCUT2D eigenvalue weighted by molar-refractivity contribution is 7.71. The van der Waals surface area contributed by atoms with Crippen molar-refractivity contribution in [3.63, 3.8) is 0 Å². The first-order chi connectivity index (χ1) is 11.9. The molecule has 25 heavy (non-hydrogen) atoms. The van der Waals surface area contributed by atoms with Gasteiger partial charge >= 0.3 is 0 Å². The Balaban J connectivity index is 2.06. The van der Waals surface area contributed by atoms with E-state index in [1.807, 2.05) is 0 Å². The Morgan fingerprint density at radius 1 is 1.04 bits per heavy atom. The molecule has 0 saturated heterocycles. The van der Waals surface area contributed by atoms with Crippen molar-refractivity contribution < 1.29 is 22.3 Å². The lowest BCUT2D eigenvalue weighted by Gasteiger charge is -2.08. The normalized spacial score (nSPS) is 11.4. The molecule has 2 aromatic carbocycles. The summed E-state index contributed by atoms with van der Waals surface area (Å²) in [6.07, 6.45) is -2.72. The third-order valence-corrected chi connectivity index (χ3v) is 4.23. The molecule has 0 radical (unpaired) electrons. The summed E-state index contributed by atoms with van der Waals surface area (Å²) in [4.78, 5) is 0. The van der Waals surface area contributed by atoms with Crippen LogP contribution in [0, 0.1) is 0 Å². The Morgan fingerprint density at radius 2 is 1.68 bits per heavy atom. The fourth-order valence-corrected chi connectivity index (χ4v) is 2.94. The Hall–Kier alpha value is -2.74. The van der Waals surface area contributed by atoms with Crippen LogP contribution in [0.1, 0.15) is 17.7 Å². The third-order valence-electron chi connectivity index (χ3n) is 3.61. The van der Waals surface area contributed by atoms with Gasteiger partial charge in [-0.1, -0.05) is 24.3 Å². The molecule has 1 heterocycles. The number of phenols is 1. The highest BCUT2D eigenvalue weighted by atomic mass is 32.2. The smallest absolute Gasteiger partial charge is 0.282 e. The number of aromatic hydroxyl groups is 1. The number of rotatable bonds is 5. The van der Waals surface area contributed by atoms with Gasteiger partial charge in [-0.2, -0.15) is 5.10 Å². The zero-order valence-electron chi connectivity index (χ0n) is 12.8. The topological polar surface area (TPSA) is 72.2 Å². The third kappa shape index (κ3) is 3.85. The van der Waals surface area contributed by atoms with Crippen LogP contribution in [0.5, 0.6) is 5.75 Å². The largest absolute Gasteiger partial charge is 0.508 e. The molecule has 0 aliphatic carbocycles. The average molecular weight is 364 g/mol. The fourth-order valence-electron chi connectivity index (χ4n) is 2.43. The van der Waals surface area contributed by atoms with Crippen LogP contribution in [0.25, 0.3) is 16.9 Å². The number of alkyl halides is 2. The first kappa shape index (κ1) is 17.1. The minimum Gasteiger partial charge on any atom is -0.508 e.